The normalized spacial score (nSPS) is 27.2. The van der Waals surface area contributed by atoms with Crippen molar-refractivity contribution in [1.29, 1.82) is 0 Å². The van der Waals surface area contributed by atoms with E-state index in [9.17, 15) is 0 Å². The van der Waals surface area contributed by atoms with E-state index in [1.54, 1.807) is 0 Å². The molecule has 108 valence electrons. The van der Waals surface area contributed by atoms with Crippen molar-refractivity contribution in [3.8, 4) is 0 Å². The van der Waals surface area contributed by atoms with Crippen LogP contribution < -0.4 is 11.1 Å². The van der Waals surface area contributed by atoms with E-state index < -0.39 is 0 Å². The van der Waals surface area contributed by atoms with Gasteiger partial charge in [0.05, 0.1) is 0 Å². The van der Waals surface area contributed by atoms with Gasteiger partial charge in [0.15, 0.2) is 0 Å². The van der Waals surface area contributed by atoms with Crippen LogP contribution >= 0.6 is 11.6 Å². The summed E-state index contributed by atoms with van der Waals surface area (Å²) in [5, 5.41) is 4.53. The number of halogens is 1. The van der Waals surface area contributed by atoms with Crippen LogP contribution in [-0.2, 0) is 0 Å². The lowest BCUT2D eigenvalue weighted by Crippen LogP contribution is -2.32. The van der Waals surface area contributed by atoms with E-state index >= 15 is 0 Å². The third-order valence-electron chi connectivity index (χ3n) is 4.95. The lowest BCUT2D eigenvalue weighted by molar-refractivity contribution is 0.287. The zero-order chi connectivity index (χ0) is 14.4. The molecular formula is C18H19ClN2. The van der Waals surface area contributed by atoms with Gasteiger partial charge in [0.25, 0.3) is 0 Å². The van der Waals surface area contributed by atoms with Crippen molar-refractivity contribution in [2.45, 2.75) is 24.8 Å². The molecule has 21 heavy (non-hydrogen) atoms. The van der Waals surface area contributed by atoms with Gasteiger partial charge < -0.3 is 11.1 Å². The van der Waals surface area contributed by atoms with Gasteiger partial charge >= 0.3 is 0 Å². The Morgan fingerprint density at radius 3 is 2.67 bits per heavy atom. The molecule has 0 saturated carbocycles. The van der Waals surface area contributed by atoms with Gasteiger partial charge in [0.1, 0.15) is 0 Å². The Balaban J connectivity index is 1.85. The number of fused-ring (bicyclic) bond motifs is 3. The molecule has 0 spiro atoms. The monoisotopic (exact) mass is 298 g/mol. The van der Waals surface area contributed by atoms with E-state index in [-0.39, 0.29) is 0 Å². The maximum Gasteiger partial charge on any atom is 0.0409 e. The SMILES string of the molecule is Nc1ccc(C2c3cc(Cl)ccc3C3NCCCC32)cc1. The Hall–Kier alpha value is -1.51. The van der Waals surface area contributed by atoms with Gasteiger partial charge in [-0.15, -0.1) is 0 Å². The summed E-state index contributed by atoms with van der Waals surface area (Å²) in [5.41, 5.74) is 10.8. The van der Waals surface area contributed by atoms with Crippen LogP contribution in [0.15, 0.2) is 42.5 Å². The second-order valence-electron chi connectivity index (χ2n) is 6.16. The minimum atomic E-state index is 0.428. The molecule has 0 radical (unpaired) electrons. The first-order valence-electron chi connectivity index (χ1n) is 7.62. The van der Waals surface area contributed by atoms with Gasteiger partial charge in [-0.25, -0.2) is 0 Å². The molecule has 3 atom stereocenters. The number of hydrogen-bond acceptors (Lipinski definition) is 2. The molecule has 0 amide bonds. The molecule has 1 fully saturated rings. The first kappa shape index (κ1) is 13.2. The van der Waals surface area contributed by atoms with Crippen LogP contribution in [-0.4, -0.2) is 6.54 Å². The molecule has 3 unspecified atom stereocenters. The average molecular weight is 299 g/mol. The van der Waals surface area contributed by atoms with Gasteiger partial charge in [-0.2, -0.15) is 0 Å². The number of hydrogen-bond donors (Lipinski definition) is 2. The Kier molecular flexibility index (Phi) is 3.16. The Bertz CT molecular complexity index is 665. The smallest absolute Gasteiger partial charge is 0.0409 e. The summed E-state index contributed by atoms with van der Waals surface area (Å²) in [6.07, 6.45) is 2.51. The third kappa shape index (κ3) is 2.14. The van der Waals surface area contributed by atoms with Gasteiger partial charge in [0, 0.05) is 22.7 Å². The predicted octanol–water partition coefficient (Wildman–Crippen LogP) is 4.11. The molecule has 4 rings (SSSR count). The largest absolute Gasteiger partial charge is 0.399 e. The zero-order valence-corrected chi connectivity index (χ0v) is 12.6. The quantitative estimate of drug-likeness (QED) is 0.778. The minimum Gasteiger partial charge on any atom is -0.399 e. The summed E-state index contributed by atoms with van der Waals surface area (Å²) in [4.78, 5) is 0. The van der Waals surface area contributed by atoms with E-state index in [1.165, 1.54) is 29.5 Å². The summed E-state index contributed by atoms with van der Waals surface area (Å²) in [7, 11) is 0. The fourth-order valence-electron chi connectivity index (χ4n) is 4.07. The van der Waals surface area contributed by atoms with Crippen molar-refractivity contribution in [2.75, 3.05) is 12.3 Å². The highest BCUT2D eigenvalue weighted by Gasteiger charge is 2.42. The number of nitrogens with two attached hydrogens (primary N) is 1. The number of nitrogen functional groups attached to an aromatic ring is 1. The molecular weight excluding hydrogens is 280 g/mol. The summed E-state index contributed by atoms with van der Waals surface area (Å²) in [5.74, 6) is 1.05. The number of piperidine rings is 1. The predicted molar refractivity (Wildman–Crippen MR) is 87.6 cm³/mol. The Morgan fingerprint density at radius 2 is 1.86 bits per heavy atom. The summed E-state index contributed by atoms with van der Waals surface area (Å²) in [6.45, 7) is 1.11. The topological polar surface area (TPSA) is 38.0 Å². The number of benzene rings is 2. The van der Waals surface area contributed by atoms with E-state index in [1.807, 2.05) is 18.2 Å². The lowest BCUT2D eigenvalue weighted by atomic mass is 9.80. The second kappa shape index (κ2) is 5.04. The highest BCUT2D eigenvalue weighted by atomic mass is 35.5. The van der Waals surface area contributed by atoms with Gasteiger partial charge in [-0.05, 0) is 66.3 Å². The van der Waals surface area contributed by atoms with Gasteiger partial charge in [0.2, 0.25) is 0 Å². The van der Waals surface area contributed by atoms with Crippen molar-refractivity contribution in [3.63, 3.8) is 0 Å². The van der Waals surface area contributed by atoms with Crippen LogP contribution in [0.2, 0.25) is 5.02 Å². The van der Waals surface area contributed by atoms with Crippen LogP contribution in [0.25, 0.3) is 0 Å². The molecule has 1 heterocycles. The minimum absolute atomic E-state index is 0.428. The van der Waals surface area contributed by atoms with Crippen LogP contribution in [0, 0.1) is 5.92 Å². The van der Waals surface area contributed by atoms with Crippen LogP contribution in [0.4, 0.5) is 5.69 Å². The van der Waals surface area contributed by atoms with Crippen LogP contribution in [0.1, 0.15) is 41.5 Å². The fraction of sp³-hybridized carbons (Fsp3) is 0.333. The van der Waals surface area contributed by atoms with E-state index in [2.05, 4.69) is 29.6 Å². The molecule has 2 aromatic rings. The zero-order valence-electron chi connectivity index (χ0n) is 11.9. The first-order valence-corrected chi connectivity index (χ1v) is 8.00. The molecule has 3 N–H and O–H groups in total. The molecule has 3 heteroatoms. The molecule has 1 aliphatic carbocycles. The number of anilines is 1. The highest BCUT2D eigenvalue weighted by molar-refractivity contribution is 6.30. The maximum atomic E-state index is 6.26. The first-order chi connectivity index (χ1) is 10.2. The highest BCUT2D eigenvalue weighted by Crippen LogP contribution is 2.52. The van der Waals surface area contributed by atoms with Crippen molar-refractivity contribution in [2.24, 2.45) is 5.92 Å². The third-order valence-corrected chi connectivity index (χ3v) is 5.18. The van der Waals surface area contributed by atoms with E-state index in [0.717, 1.165) is 17.3 Å². The Labute approximate surface area is 130 Å². The van der Waals surface area contributed by atoms with Gasteiger partial charge in [-0.1, -0.05) is 29.8 Å². The molecule has 2 nitrogen and oxygen atoms in total. The summed E-state index contributed by atoms with van der Waals surface area (Å²) >= 11 is 6.26. The molecule has 1 saturated heterocycles. The summed E-state index contributed by atoms with van der Waals surface area (Å²) in [6, 6.07) is 15.2. The van der Waals surface area contributed by atoms with Crippen molar-refractivity contribution in [1.82, 2.24) is 5.32 Å². The molecule has 2 aromatic carbocycles. The average Bonchev–Trinajstić information content (AvgIpc) is 2.82. The van der Waals surface area contributed by atoms with E-state index in [4.69, 9.17) is 17.3 Å². The molecule has 0 aromatic heterocycles. The maximum absolute atomic E-state index is 6.26. The standard InChI is InChI=1S/C18H19ClN2/c19-12-5-8-14-16(10-12)17(11-3-6-13(20)7-4-11)15-2-1-9-21-18(14)15/h3-8,10,15,17-18,21H,1-2,9,20H2. The fourth-order valence-corrected chi connectivity index (χ4v) is 4.25. The lowest BCUT2D eigenvalue weighted by Gasteiger charge is -2.31. The molecule has 0 bridgehead atoms. The van der Waals surface area contributed by atoms with Crippen LogP contribution in [0.3, 0.4) is 0 Å². The van der Waals surface area contributed by atoms with E-state index in [0.29, 0.717) is 17.9 Å². The van der Waals surface area contributed by atoms with Gasteiger partial charge in [-0.3, -0.25) is 0 Å². The molecule has 1 aliphatic heterocycles. The van der Waals surface area contributed by atoms with Crippen LogP contribution in [0.5, 0.6) is 0 Å². The Morgan fingerprint density at radius 1 is 1.05 bits per heavy atom. The molecule has 2 aliphatic rings. The number of rotatable bonds is 1. The van der Waals surface area contributed by atoms with Crippen molar-refractivity contribution in [3.05, 3.63) is 64.2 Å². The second-order valence-corrected chi connectivity index (χ2v) is 6.59. The number of nitrogens with one attached hydrogen (secondary N) is 1. The summed E-state index contributed by atoms with van der Waals surface area (Å²) < 4.78 is 0. The van der Waals surface area contributed by atoms with Crippen molar-refractivity contribution < 1.29 is 0 Å². The van der Waals surface area contributed by atoms with Crippen molar-refractivity contribution >= 4 is 17.3 Å².